The van der Waals surface area contributed by atoms with E-state index in [1.807, 2.05) is 28.5 Å². The molecule has 1 unspecified atom stereocenters. The molecule has 0 aliphatic carbocycles. The van der Waals surface area contributed by atoms with Crippen LogP contribution in [0.1, 0.15) is 23.5 Å². The van der Waals surface area contributed by atoms with E-state index in [-0.39, 0.29) is 11.9 Å². The van der Waals surface area contributed by atoms with E-state index in [2.05, 4.69) is 11.4 Å². The fraction of sp³-hybridized carbons (Fsp3) is 0.400. The quantitative estimate of drug-likeness (QED) is 0.920. The highest BCUT2D eigenvalue weighted by Crippen LogP contribution is 2.18. The van der Waals surface area contributed by atoms with Gasteiger partial charge in [0, 0.05) is 4.88 Å². The van der Waals surface area contributed by atoms with Crippen molar-refractivity contribution in [1.29, 1.82) is 0 Å². The molecule has 0 saturated carbocycles. The van der Waals surface area contributed by atoms with Crippen molar-refractivity contribution in [2.75, 3.05) is 6.54 Å². The molecule has 0 bridgehead atoms. The summed E-state index contributed by atoms with van der Waals surface area (Å²) in [5, 5.41) is 5.32. The highest BCUT2D eigenvalue weighted by Gasteiger charge is 2.27. The van der Waals surface area contributed by atoms with E-state index in [4.69, 9.17) is 4.42 Å². The molecule has 1 aliphatic rings. The van der Waals surface area contributed by atoms with Gasteiger partial charge in [-0.05, 0) is 43.0 Å². The fourth-order valence-electron chi connectivity index (χ4n) is 2.51. The molecular formula is C15H18N2O2S. The van der Waals surface area contributed by atoms with E-state index in [1.165, 1.54) is 4.88 Å². The van der Waals surface area contributed by atoms with Gasteiger partial charge in [0.05, 0.1) is 25.4 Å². The van der Waals surface area contributed by atoms with Crippen LogP contribution in [0.4, 0.5) is 0 Å². The van der Waals surface area contributed by atoms with Gasteiger partial charge in [0.1, 0.15) is 5.76 Å². The monoisotopic (exact) mass is 290 g/mol. The predicted octanol–water partition coefficient (Wildman–Crippen LogP) is 2.62. The molecule has 1 N–H and O–H groups in total. The van der Waals surface area contributed by atoms with Gasteiger partial charge in [-0.25, -0.2) is 0 Å². The molecule has 0 aromatic carbocycles. The molecule has 2 aromatic heterocycles. The van der Waals surface area contributed by atoms with E-state index in [1.54, 1.807) is 17.6 Å². The number of nitrogens with one attached hydrogen (secondary N) is 1. The summed E-state index contributed by atoms with van der Waals surface area (Å²) in [5.41, 5.74) is 0. The van der Waals surface area contributed by atoms with E-state index < -0.39 is 0 Å². The summed E-state index contributed by atoms with van der Waals surface area (Å²) in [4.78, 5) is 15.7. The zero-order chi connectivity index (χ0) is 13.8. The van der Waals surface area contributed by atoms with Crippen LogP contribution in [-0.4, -0.2) is 23.4 Å². The first-order valence-corrected chi connectivity index (χ1v) is 7.78. The minimum absolute atomic E-state index is 0.0371. The van der Waals surface area contributed by atoms with Crippen LogP contribution in [0.5, 0.6) is 0 Å². The van der Waals surface area contributed by atoms with Gasteiger partial charge in [0.15, 0.2) is 0 Å². The Morgan fingerprint density at radius 2 is 2.35 bits per heavy atom. The van der Waals surface area contributed by atoms with Gasteiger partial charge in [-0.1, -0.05) is 6.07 Å². The molecule has 4 nitrogen and oxygen atoms in total. The molecule has 3 rings (SSSR count). The van der Waals surface area contributed by atoms with Crippen molar-refractivity contribution in [2.24, 2.45) is 0 Å². The van der Waals surface area contributed by atoms with Gasteiger partial charge >= 0.3 is 0 Å². The SMILES string of the molecule is O=C(C1CCCN1)N(Cc1ccco1)Cc1cccs1. The Morgan fingerprint density at radius 3 is 3.00 bits per heavy atom. The highest BCUT2D eigenvalue weighted by molar-refractivity contribution is 7.09. The molecule has 20 heavy (non-hydrogen) atoms. The normalized spacial score (nSPS) is 18.3. The lowest BCUT2D eigenvalue weighted by Crippen LogP contribution is -2.42. The summed E-state index contributed by atoms with van der Waals surface area (Å²) in [6.45, 7) is 2.11. The maximum atomic E-state index is 12.6. The maximum absolute atomic E-state index is 12.6. The molecule has 106 valence electrons. The number of hydrogen-bond acceptors (Lipinski definition) is 4. The first-order chi connectivity index (χ1) is 9.83. The smallest absolute Gasteiger partial charge is 0.240 e. The number of rotatable bonds is 5. The number of carbonyl (C=O) groups is 1. The molecule has 1 fully saturated rings. The summed E-state index contributed by atoms with van der Waals surface area (Å²) >= 11 is 1.68. The third-order valence-corrected chi connectivity index (χ3v) is 4.38. The average Bonchev–Trinajstić information content (AvgIpc) is 3.20. The average molecular weight is 290 g/mol. The van der Waals surface area contributed by atoms with Crippen LogP contribution in [-0.2, 0) is 17.9 Å². The third-order valence-electron chi connectivity index (χ3n) is 3.52. The van der Waals surface area contributed by atoms with Crippen molar-refractivity contribution in [3.8, 4) is 0 Å². The molecule has 1 saturated heterocycles. The van der Waals surface area contributed by atoms with Crippen molar-refractivity contribution in [1.82, 2.24) is 10.2 Å². The number of furan rings is 1. The van der Waals surface area contributed by atoms with Gasteiger partial charge in [-0.15, -0.1) is 11.3 Å². The lowest BCUT2D eigenvalue weighted by Gasteiger charge is -2.24. The van der Waals surface area contributed by atoms with E-state index in [9.17, 15) is 4.79 Å². The lowest BCUT2D eigenvalue weighted by molar-refractivity contribution is -0.134. The van der Waals surface area contributed by atoms with Crippen molar-refractivity contribution in [2.45, 2.75) is 32.0 Å². The molecule has 2 aromatic rings. The Morgan fingerprint density at radius 1 is 1.40 bits per heavy atom. The molecule has 0 radical (unpaired) electrons. The van der Waals surface area contributed by atoms with E-state index >= 15 is 0 Å². The van der Waals surface area contributed by atoms with Crippen molar-refractivity contribution >= 4 is 17.2 Å². The summed E-state index contributed by atoms with van der Waals surface area (Å²) in [7, 11) is 0. The first kappa shape index (κ1) is 13.4. The lowest BCUT2D eigenvalue weighted by atomic mass is 10.2. The second-order valence-electron chi connectivity index (χ2n) is 5.00. The third kappa shape index (κ3) is 3.11. The Kier molecular flexibility index (Phi) is 4.18. The number of amides is 1. The van der Waals surface area contributed by atoms with Crippen LogP contribution in [0.25, 0.3) is 0 Å². The molecule has 1 aliphatic heterocycles. The van der Waals surface area contributed by atoms with Gasteiger partial charge < -0.3 is 14.6 Å². The number of nitrogens with zero attached hydrogens (tertiary/aromatic N) is 1. The van der Waals surface area contributed by atoms with Gasteiger partial charge in [0.2, 0.25) is 5.91 Å². The second kappa shape index (κ2) is 6.24. The van der Waals surface area contributed by atoms with Gasteiger partial charge in [0.25, 0.3) is 0 Å². The maximum Gasteiger partial charge on any atom is 0.240 e. The number of carbonyl (C=O) groups excluding carboxylic acids is 1. The molecule has 3 heterocycles. The molecule has 0 spiro atoms. The van der Waals surface area contributed by atoms with Crippen molar-refractivity contribution in [3.63, 3.8) is 0 Å². The van der Waals surface area contributed by atoms with Crippen LogP contribution in [0.2, 0.25) is 0 Å². The highest BCUT2D eigenvalue weighted by atomic mass is 32.1. The minimum atomic E-state index is -0.0371. The standard InChI is InChI=1S/C15H18N2O2S/c18-15(14-6-1-7-16-14)17(10-12-4-2-8-19-12)11-13-5-3-9-20-13/h2-5,8-9,14,16H,1,6-7,10-11H2. The summed E-state index contributed by atoms with van der Waals surface area (Å²) in [6, 6.07) is 7.82. The number of thiophene rings is 1. The fourth-order valence-corrected chi connectivity index (χ4v) is 3.23. The molecular weight excluding hydrogens is 272 g/mol. The van der Waals surface area contributed by atoms with Crippen LogP contribution in [0, 0.1) is 0 Å². The van der Waals surface area contributed by atoms with E-state index in [0.717, 1.165) is 25.1 Å². The Bertz CT molecular complexity index is 494. The Hall–Kier alpha value is -1.59. The Labute approximate surface area is 122 Å². The van der Waals surface area contributed by atoms with Gasteiger partial charge in [-0.3, -0.25) is 4.79 Å². The number of hydrogen-bond donors (Lipinski definition) is 1. The molecule has 5 heteroatoms. The second-order valence-corrected chi connectivity index (χ2v) is 6.03. The topological polar surface area (TPSA) is 45.5 Å². The zero-order valence-electron chi connectivity index (χ0n) is 11.2. The van der Waals surface area contributed by atoms with Crippen molar-refractivity contribution in [3.05, 3.63) is 46.5 Å². The minimum Gasteiger partial charge on any atom is -0.467 e. The van der Waals surface area contributed by atoms with Crippen LogP contribution < -0.4 is 5.32 Å². The summed E-state index contributed by atoms with van der Waals surface area (Å²) in [6.07, 6.45) is 3.65. The van der Waals surface area contributed by atoms with Crippen LogP contribution in [0.15, 0.2) is 40.3 Å². The predicted molar refractivity (Wildman–Crippen MR) is 78.3 cm³/mol. The summed E-state index contributed by atoms with van der Waals surface area (Å²) < 4.78 is 5.39. The van der Waals surface area contributed by atoms with Crippen LogP contribution >= 0.6 is 11.3 Å². The first-order valence-electron chi connectivity index (χ1n) is 6.90. The van der Waals surface area contributed by atoms with Crippen LogP contribution in [0.3, 0.4) is 0 Å². The van der Waals surface area contributed by atoms with Gasteiger partial charge in [-0.2, -0.15) is 0 Å². The zero-order valence-corrected chi connectivity index (χ0v) is 12.1. The van der Waals surface area contributed by atoms with E-state index in [0.29, 0.717) is 13.1 Å². The summed E-state index contributed by atoms with van der Waals surface area (Å²) in [5.74, 6) is 1.00. The Balaban J connectivity index is 1.73. The van der Waals surface area contributed by atoms with Crippen molar-refractivity contribution < 1.29 is 9.21 Å². The molecule has 1 atom stereocenters. The largest absolute Gasteiger partial charge is 0.467 e. The molecule has 1 amide bonds.